The van der Waals surface area contributed by atoms with E-state index < -0.39 is 11.4 Å². The Bertz CT molecular complexity index is 436. The molecule has 0 aromatic heterocycles. The fraction of sp³-hybridized carbons (Fsp3) is 0.938. The third-order valence-corrected chi connectivity index (χ3v) is 6.31. The van der Waals surface area contributed by atoms with Gasteiger partial charge in [0, 0.05) is 0 Å². The summed E-state index contributed by atoms with van der Waals surface area (Å²) in [4.78, 5) is 12.0. The molecule has 8 atom stereocenters. The van der Waals surface area contributed by atoms with Crippen LogP contribution in [0.4, 0.5) is 0 Å². The van der Waals surface area contributed by atoms with E-state index >= 15 is 0 Å². The molecule has 2 heterocycles. The third kappa shape index (κ3) is 1.92. The minimum atomic E-state index is -0.606. The van der Waals surface area contributed by atoms with Gasteiger partial charge in [0.2, 0.25) is 0 Å². The fourth-order valence-corrected chi connectivity index (χ4v) is 4.98. The van der Waals surface area contributed by atoms with E-state index in [4.69, 9.17) is 9.47 Å². The van der Waals surface area contributed by atoms with Crippen molar-refractivity contribution in [2.75, 3.05) is 0 Å². The van der Waals surface area contributed by atoms with Crippen molar-refractivity contribution in [3.05, 3.63) is 0 Å². The third-order valence-electron chi connectivity index (χ3n) is 6.31. The summed E-state index contributed by atoms with van der Waals surface area (Å²) in [5, 5.41) is 9.88. The second kappa shape index (κ2) is 4.20. The maximum atomic E-state index is 12.0. The molecule has 0 amide bonds. The van der Waals surface area contributed by atoms with Crippen LogP contribution in [0.3, 0.4) is 0 Å². The van der Waals surface area contributed by atoms with Gasteiger partial charge < -0.3 is 14.6 Å². The molecular formula is C16H24O4. The molecule has 112 valence electrons. The Hall–Kier alpha value is -0.610. The Kier molecular flexibility index (Phi) is 2.75. The van der Waals surface area contributed by atoms with Gasteiger partial charge in [-0.15, -0.1) is 0 Å². The van der Waals surface area contributed by atoms with Crippen LogP contribution < -0.4 is 0 Å². The van der Waals surface area contributed by atoms with Crippen LogP contribution in [-0.2, 0) is 14.3 Å². The van der Waals surface area contributed by atoms with Gasteiger partial charge in [0.25, 0.3) is 0 Å². The number of carboxylic acid groups (broad SMARTS) is 1. The van der Waals surface area contributed by atoms with Crippen LogP contribution in [0, 0.1) is 23.2 Å². The second-order valence-corrected chi connectivity index (χ2v) is 7.67. The zero-order valence-corrected chi connectivity index (χ0v) is 12.2. The average Bonchev–Trinajstić information content (AvgIpc) is 3.24. The highest BCUT2D eigenvalue weighted by molar-refractivity contribution is 5.75. The molecule has 1 N–H and O–H groups in total. The van der Waals surface area contributed by atoms with Crippen molar-refractivity contribution in [1.82, 2.24) is 0 Å². The minimum Gasteiger partial charge on any atom is -0.481 e. The van der Waals surface area contributed by atoms with Crippen LogP contribution in [-0.4, -0.2) is 35.5 Å². The van der Waals surface area contributed by atoms with Crippen LogP contribution in [0.2, 0.25) is 0 Å². The summed E-state index contributed by atoms with van der Waals surface area (Å²) in [6, 6.07) is 0. The first-order valence-electron chi connectivity index (χ1n) is 8.04. The van der Waals surface area contributed by atoms with Gasteiger partial charge >= 0.3 is 5.97 Å². The molecule has 0 radical (unpaired) electrons. The van der Waals surface area contributed by atoms with E-state index in [0.29, 0.717) is 36.6 Å². The van der Waals surface area contributed by atoms with Crippen molar-refractivity contribution >= 4 is 5.97 Å². The van der Waals surface area contributed by atoms with Gasteiger partial charge in [-0.1, -0.05) is 13.8 Å². The lowest BCUT2D eigenvalue weighted by molar-refractivity contribution is -0.156. The van der Waals surface area contributed by atoms with Crippen LogP contribution in [0.5, 0.6) is 0 Å². The molecule has 2 saturated carbocycles. The number of fused-ring (bicyclic) bond motifs is 2. The summed E-state index contributed by atoms with van der Waals surface area (Å²) in [6.45, 7) is 4.35. The lowest BCUT2D eigenvalue weighted by Gasteiger charge is -2.40. The lowest BCUT2D eigenvalue weighted by atomic mass is 9.61. The summed E-state index contributed by atoms with van der Waals surface area (Å²) in [5.74, 6) is 0.707. The zero-order valence-electron chi connectivity index (χ0n) is 12.2. The van der Waals surface area contributed by atoms with Gasteiger partial charge in [0.05, 0.1) is 29.8 Å². The van der Waals surface area contributed by atoms with Gasteiger partial charge in [-0.25, -0.2) is 0 Å². The Morgan fingerprint density at radius 2 is 1.95 bits per heavy atom. The molecule has 0 bridgehead atoms. The molecule has 0 aromatic rings. The van der Waals surface area contributed by atoms with Crippen molar-refractivity contribution in [3.8, 4) is 0 Å². The normalized spacial score (nSPS) is 56.6. The Morgan fingerprint density at radius 3 is 2.65 bits per heavy atom. The number of rotatable bonds is 3. The predicted octanol–water partition coefficient (Wildman–Crippen LogP) is 2.46. The summed E-state index contributed by atoms with van der Waals surface area (Å²) in [5.41, 5.74) is -0.566. The van der Waals surface area contributed by atoms with E-state index in [1.54, 1.807) is 0 Å². The van der Waals surface area contributed by atoms with Crippen molar-refractivity contribution in [2.45, 2.75) is 70.4 Å². The number of ether oxygens (including phenoxy) is 2. The molecule has 4 fully saturated rings. The molecule has 8 unspecified atom stereocenters. The van der Waals surface area contributed by atoms with Gasteiger partial charge in [-0.05, 0) is 49.9 Å². The van der Waals surface area contributed by atoms with Crippen LogP contribution in [0.15, 0.2) is 0 Å². The standard InChI is InChI=1S/C16H24O4/c1-8-3-10(5-12-14(8)20-12)6-16(15(17)18)7-13-11(19-13)4-9(16)2/h8-14H,3-7H2,1-2H3,(H,17,18). The number of aliphatic carboxylic acids is 1. The van der Waals surface area contributed by atoms with Crippen LogP contribution in [0.25, 0.3) is 0 Å². The van der Waals surface area contributed by atoms with Crippen LogP contribution >= 0.6 is 0 Å². The van der Waals surface area contributed by atoms with E-state index in [9.17, 15) is 9.90 Å². The predicted molar refractivity (Wildman–Crippen MR) is 72.3 cm³/mol. The summed E-state index contributed by atoms with van der Waals surface area (Å²) >= 11 is 0. The molecule has 4 heteroatoms. The van der Waals surface area contributed by atoms with E-state index in [0.717, 1.165) is 25.7 Å². The zero-order chi connectivity index (χ0) is 14.1. The first kappa shape index (κ1) is 13.1. The maximum absolute atomic E-state index is 12.0. The van der Waals surface area contributed by atoms with Crippen molar-refractivity contribution in [3.63, 3.8) is 0 Å². The Balaban J connectivity index is 1.52. The van der Waals surface area contributed by atoms with E-state index in [1.807, 2.05) is 0 Å². The first-order valence-corrected chi connectivity index (χ1v) is 8.04. The van der Waals surface area contributed by atoms with Gasteiger partial charge in [0.1, 0.15) is 0 Å². The van der Waals surface area contributed by atoms with E-state index in [2.05, 4.69) is 13.8 Å². The quantitative estimate of drug-likeness (QED) is 0.807. The Morgan fingerprint density at radius 1 is 1.15 bits per heavy atom. The summed E-state index contributed by atoms with van der Waals surface area (Å²) < 4.78 is 11.3. The maximum Gasteiger partial charge on any atom is 0.310 e. The van der Waals surface area contributed by atoms with Crippen molar-refractivity contribution < 1.29 is 19.4 Å². The molecule has 2 saturated heterocycles. The van der Waals surface area contributed by atoms with Crippen LogP contribution in [0.1, 0.15) is 46.0 Å². The molecule has 4 nitrogen and oxygen atoms in total. The Labute approximate surface area is 119 Å². The highest BCUT2D eigenvalue weighted by Gasteiger charge is 2.59. The molecule has 2 aliphatic heterocycles. The monoisotopic (exact) mass is 280 g/mol. The summed E-state index contributed by atoms with van der Waals surface area (Å²) in [7, 11) is 0. The van der Waals surface area contributed by atoms with E-state index in [-0.39, 0.29) is 12.0 Å². The number of hydrogen-bond donors (Lipinski definition) is 1. The van der Waals surface area contributed by atoms with Gasteiger partial charge in [-0.2, -0.15) is 0 Å². The smallest absolute Gasteiger partial charge is 0.310 e. The molecule has 20 heavy (non-hydrogen) atoms. The summed E-state index contributed by atoms with van der Waals surface area (Å²) in [6.07, 6.45) is 6.07. The molecule has 2 aliphatic carbocycles. The molecule has 0 aromatic carbocycles. The highest BCUT2D eigenvalue weighted by Crippen LogP contribution is 2.55. The molecule has 0 spiro atoms. The number of carbonyl (C=O) groups is 1. The lowest BCUT2D eigenvalue weighted by Crippen LogP contribution is -2.44. The number of epoxide rings is 2. The second-order valence-electron chi connectivity index (χ2n) is 7.67. The van der Waals surface area contributed by atoms with Gasteiger partial charge in [-0.3, -0.25) is 4.79 Å². The molecule has 4 aliphatic rings. The fourth-order valence-electron chi connectivity index (χ4n) is 4.98. The SMILES string of the molecule is CC1CC(CC2(C(=O)O)CC3OC3CC2C)CC2OC12. The van der Waals surface area contributed by atoms with Crippen molar-refractivity contribution in [2.24, 2.45) is 23.2 Å². The molecular weight excluding hydrogens is 256 g/mol. The average molecular weight is 280 g/mol. The first-order chi connectivity index (χ1) is 9.49. The van der Waals surface area contributed by atoms with Crippen molar-refractivity contribution in [1.29, 1.82) is 0 Å². The topological polar surface area (TPSA) is 62.4 Å². The van der Waals surface area contributed by atoms with E-state index in [1.165, 1.54) is 0 Å². The molecule has 4 rings (SSSR count). The highest BCUT2D eigenvalue weighted by atomic mass is 16.6. The number of carboxylic acids is 1. The number of hydrogen-bond acceptors (Lipinski definition) is 3. The van der Waals surface area contributed by atoms with Gasteiger partial charge in [0.15, 0.2) is 0 Å². The largest absolute Gasteiger partial charge is 0.481 e. The minimum absolute atomic E-state index is 0.216.